The number of aryl methyl sites for hydroxylation is 1. The first-order chi connectivity index (χ1) is 10.7. The molecule has 3 aromatic rings. The van der Waals surface area contributed by atoms with Crippen LogP contribution in [0.2, 0.25) is 0 Å². The molecule has 1 N–H and O–H groups in total. The van der Waals surface area contributed by atoms with Gasteiger partial charge in [0.05, 0.1) is 5.52 Å². The molecule has 1 spiro atoms. The van der Waals surface area contributed by atoms with E-state index in [9.17, 15) is 0 Å². The Balaban J connectivity index is 1.66. The minimum atomic E-state index is 0.179. The number of hydrogen-bond donors (Lipinski definition) is 1. The lowest BCUT2D eigenvalue weighted by Gasteiger charge is -2.22. The molecular weight excluding hydrogens is 270 g/mol. The fourth-order valence-corrected chi connectivity index (χ4v) is 4.12. The molecule has 1 atom stereocenters. The van der Waals surface area contributed by atoms with Gasteiger partial charge in [0.1, 0.15) is 5.82 Å². The van der Waals surface area contributed by atoms with Crippen molar-refractivity contribution in [1.29, 1.82) is 0 Å². The number of hydrogen-bond acceptors (Lipinski definition) is 3. The fourth-order valence-electron chi connectivity index (χ4n) is 4.12. The number of pyridine rings is 2. The Morgan fingerprint density at radius 2 is 1.95 bits per heavy atom. The van der Waals surface area contributed by atoms with Crippen LogP contribution < -0.4 is 5.32 Å². The molecule has 0 saturated heterocycles. The maximum absolute atomic E-state index is 4.68. The molecular formula is C19H17N3. The molecule has 0 radical (unpaired) electrons. The smallest absolute Gasteiger partial charge is 0.129 e. The lowest BCUT2D eigenvalue weighted by molar-refractivity contribution is 0.501. The van der Waals surface area contributed by atoms with Crippen LogP contribution in [0.5, 0.6) is 0 Å². The van der Waals surface area contributed by atoms with E-state index in [1.807, 2.05) is 6.20 Å². The van der Waals surface area contributed by atoms with Gasteiger partial charge in [-0.3, -0.25) is 4.98 Å². The highest BCUT2D eigenvalue weighted by Gasteiger charge is 2.44. The van der Waals surface area contributed by atoms with Crippen LogP contribution in [0, 0.1) is 6.92 Å². The molecule has 1 aliphatic heterocycles. The Morgan fingerprint density at radius 1 is 1.09 bits per heavy atom. The van der Waals surface area contributed by atoms with Crippen LogP contribution in [0.1, 0.15) is 22.4 Å². The van der Waals surface area contributed by atoms with Crippen molar-refractivity contribution in [2.45, 2.75) is 25.2 Å². The van der Waals surface area contributed by atoms with Gasteiger partial charge >= 0.3 is 0 Å². The fraction of sp³-hybridized carbons (Fsp3) is 0.263. The van der Waals surface area contributed by atoms with E-state index in [4.69, 9.17) is 0 Å². The number of aromatic nitrogens is 2. The van der Waals surface area contributed by atoms with Crippen molar-refractivity contribution in [3.05, 3.63) is 65.0 Å². The maximum atomic E-state index is 4.68. The predicted molar refractivity (Wildman–Crippen MR) is 88.3 cm³/mol. The zero-order valence-corrected chi connectivity index (χ0v) is 12.6. The maximum Gasteiger partial charge on any atom is 0.129 e. The first-order valence-corrected chi connectivity index (χ1v) is 7.82. The van der Waals surface area contributed by atoms with E-state index in [1.54, 1.807) is 0 Å². The summed E-state index contributed by atoms with van der Waals surface area (Å²) in [7, 11) is 0. The molecule has 0 amide bonds. The van der Waals surface area contributed by atoms with Gasteiger partial charge in [-0.2, -0.15) is 0 Å². The third-order valence-corrected chi connectivity index (χ3v) is 5.18. The van der Waals surface area contributed by atoms with E-state index < -0.39 is 0 Å². The summed E-state index contributed by atoms with van der Waals surface area (Å²) in [5.74, 6) is 1.06. The Kier molecular flexibility index (Phi) is 2.25. The van der Waals surface area contributed by atoms with E-state index in [1.165, 1.54) is 22.1 Å². The molecule has 5 rings (SSSR count). The first kappa shape index (κ1) is 12.2. The van der Waals surface area contributed by atoms with Gasteiger partial charge in [-0.25, -0.2) is 4.98 Å². The standard InChI is InChI=1S/C19H17N3/c1-12-4-5-13-7-14-9-19(10-15(14)8-17(13)22-12)11-21-18-16(19)3-2-6-20-18/h2-8H,9-11H2,1H3,(H,20,21)/t19-/m1/s1. The van der Waals surface area contributed by atoms with Gasteiger partial charge in [0.2, 0.25) is 0 Å². The van der Waals surface area contributed by atoms with Gasteiger partial charge in [-0.1, -0.05) is 12.1 Å². The van der Waals surface area contributed by atoms with Crippen molar-refractivity contribution >= 4 is 16.7 Å². The summed E-state index contributed by atoms with van der Waals surface area (Å²) in [5.41, 5.74) is 6.67. The second kappa shape index (κ2) is 4.07. The molecule has 2 aromatic heterocycles. The minimum Gasteiger partial charge on any atom is -0.369 e. The average Bonchev–Trinajstić information content (AvgIpc) is 3.06. The zero-order chi connectivity index (χ0) is 14.7. The molecule has 0 unspecified atom stereocenters. The normalized spacial score (nSPS) is 21.9. The molecule has 3 heteroatoms. The SMILES string of the molecule is Cc1ccc2cc3c(cc2n1)C[C@@]1(CNc2ncccc21)C3. The van der Waals surface area contributed by atoms with E-state index in [0.29, 0.717) is 0 Å². The van der Waals surface area contributed by atoms with Gasteiger partial charge in [0.15, 0.2) is 0 Å². The Bertz CT molecular complexity index is 916. The summed E-state index contributed by atoms with van der Waals surface area (Å²) in [6.45, 7) is 3.04. The van der Waals surface area contributed by atoms with Crippen LogP contribution in [0.15, 0.2) is 42.6 Å². The molecule has 1 aliphatic carbocycles. The quantitative estimate of drug-likeness (QED) is 0.688. The molecule has 3 heterocycles. The van der Waals surface area contributed by atoms with Crippen molar-refractivity contribution in [3.8, 4) is 0 Å². The molecule has 0 fully saturated rings. The third kappa shape index (κ3) is 1.56. The summed E-state index contributed by atoms with van der Waals surface area (Å²) in [4.78, 5) is 9.17. The predicted octanol–water partition coefficient (Wildman–Crippen LogP) is 3.40. The lowest BCUT2D eigenvalue weighted by Crippen LogP contribution is -2.28. The lowest BCUT2D eigenvalue weighted by atomic mass is 9.80. The van der Waals surface area contributed by atoms with Gasteiger partial charge in [-0.15, -0.1) is 0 Å². The molecule has 2 aliphatic rings. The van der Waals surface area contributed by atoms with Crippen LogP contribution in [0.4, 0.5) is 5.82 Å². The van der Waals surface area contributed by atoms with Crippen LogP contribution >= 0.6 is 0 Å². The highest BCUT2D eigenvalue weighted by molar-refractivity contribution is 5.81. The second-order valence-electron chi connectivity index (χ2n) is 6.65. The highest BCUT2D eigenvalue weighted by atomic mass is 15.0. The molecule has 0 bridgehead atoms. The third-order valence-electron chi connectivity index (χ3n) is 5.18. The average molecular weight is 287 g/mol. The van der Waals surface area contributed by atoms with Crippen molar-refractivity contribution in [2.24, 2.45) is 0 Å². The van der Waals surface area contributed by atoms with Crippen LogP contribution in [-0.2, 0) is 18.3 Å². The van der Waals surface area contributed by atoms with Crippen LogP contribution in [0.25, 0.3) is 10.9 Å². The van der Waals surface area contributed by atoms with Crippen LogP contribution in [-0.4, -0.2) is 16.5 Å². The Hall–Kier alpha value is -2.42. The topological polar surface area (TPSA) is 37.8 Å². The Morgan fingerprint density at radius 3 is 2.86 bits per heavy atom. The summed E-state index contributed by atoms with van der Waals surface area (Å²) in [5, 5.41) is 4.74. The van der Waals surface area contributed by atoms with Crippen molar-refractivity contribution < 1.29 is 0 Å². The largest absolute Gasteiger partial charge is 0.369 e. The number of nitrogens with zero attached hydrogens (tertiary/aromatic N) is 2. The van der Waals surface area contributed by atoms with Crippen LogP contribution in [0.3, 0.4) is 0 Å². The van der Waals surface area contributed by atoms with Gasteiger partial charge in [-0.05, 0) is 55.2 Å². The van der Waals surface area contributed by atoms with Gasteiger partial charge in [0.25, 0.3) is 0 Å². The number of fused-ring (bicyclic) bond motifs is 4. The minimum absolute atomic E-state index is 0.179. The summed E-state index contributed by atoms with van der Waals surface area (Å²) in [6, 6.07) is 13.2. The molecule has 3 nitrogen and oxygen atoms in total. The molecule has 108 valence electrons. The van der Waals surface area contributed by atoms with Gasteiger partial charge < -0.3 is 5.32 Å². The van der Waals surface area contributed by atoms with Gasteiger partial charge in [0, 0.05) is 34.8 Å². The molecule has 1 aromatic carbocycles. The van der Waals surface area contributed by atoms with Crippen molar-refractivity contribution in [1.82, 2.24) is 9.97 Å². The second-order valence-corrected chi connectivity index (χ2v) is 6.65. The van der Waals surface area contributed by atoms with E-state index >= 15 is 0 Å². The summed E-state index contributed by atoms with van der Waals surface area (Å²) >= 11 is 0. The van der Waals surface area contributed by atoms with Crippen molar-refractivity contribution in [3.63, 3.8) is 0 Å². The molecule has 22 heavy (non-hydrogen) atoms. The number of anilines is 1. The summed E-state index contributed by atoms with van der Waals surface area (Å²) < 4.78 is 0. The monoisotopic (exact) mass is 287 g/mol. The number of benzene rings is 1. The number of nitrogens with one attached hydrogen (secondary N) is 1. The van der Waals surface area contributed by atoms with Crippen molar-refractivity contribution in [2.75, 3.05) is 11.9 Å². The molecule has 0 saturated carbocycles. The van der Waals surface area contributed by atoms with E-state index in [-0.39, 0.29) is 5.41 Å². The number of rotatable bonds is 0. The summed E-state index contributed by atoms with van der Waals surface area (Å²) in [6.07, 6.45) is 4.05. The highest BCUT2D eigenvalue weighted by Crippen LogP contribution is 2.46. The zero-order valence-electron chi connectivity index (χ0n) is 12.6. The van der Waals surface area contributed by atoms with E-state index in [0.717, 1.165) is 36.4 Å². The Labute approximate surface area is 129 Å². The van der Waals surface area contributed by atoms with E-state index in [2.05, 4.69) is 58.6 Å². The first-order valence-electron chi connectivity index (χ1n) is 7.82.